The standard InChI is InChI=1S/C11H11F3N2O3/c1-16(6-11(12,13)14)10(19)15-8-5-3-2-4-7(8)9(17)18/h2-5H,6H2,1H3,(H,15,19)(H,17,18). The van der Waals surface area contributed by atoms with Crippen LogP contribution in [0.25, 0.3) is 0 Å². The van der Waals surface area contributed by atoms with Gasteiger partial charge >= 0.3 is 18.2 Å². The van der Waals surface area contributed by atoms with E-state index >= 15 is 0 Å². The Morgan fingerprint density at radius 3 is 2.42 bits per heavy atom. The molecule has 0 spiro atoms. The van der Waals surface area contributed by atoms with Crippen LogP contribution in [0.5, 0.6) is 0 Å². The summed E-state index contributed by atoms with van der Waals surface area (Å²) in [5.41, 5.74) is -0.259. The van der Waals surface area contributed by atoms with Gasteiger partial charge in [0.15, 0.2) is 0 Å². The second-order valence-electron chi connectivity index (χ2n) is 3.75. The molecule has 1 aromatic carbocycles. The van der Waals surface area contributed by atoms with E-state index in [2.05, 4.69) is 5.32 Å². The molecule has 0 heterocycles. The van der Waals surface area contributed by atoms with Gasteiger partial charge in [-0.3, -0.25) is 0 Å². The SMILES string of the molecule is CN(CC(F)(F)F)C(=O)Nc1ccccc1C(=O)O. The fourth-order valence-corrected chi connectivity index (χ4v) is 1.33. The lowest BCUT2D eigenvalue weighted by molar-refractivity contribution is -0.137. The maximum absolute atomic E-state index is 12.1. The van der Waals surface area contributed by atoms with Crippen LogP contribution in [0.2, 0.25) is 0 Å². The van der Waals surface area contributed by atoms with Crippen molar-refractivity contribution in [2.75, 3.05) is 18.9 Å². The number of amides is 2. The molecular formula is C11H11F3N2O3. The van der Waals surface area contributed by atoms with Crippen molar-refractivity contribution < 1.29 is 27.9 Å². The number of rotatable bonds is 3. The molecule has 2 amide bonds. The van der Waals surface area contributed by atoms with Crippen molar-refractivity contribution >= 4 is 17.7 Å². The van der Waals surface area contributed by atoms with E-state index in [-0.39, 0.29) is 11.3 Å². The number of aromatic carboxylic acids is 1. The van der Waals surface area contributed by atoms with E-state index < -0.39 is 24.7 Å². The van der Waals surface area contributed by atoms with E-state index in [1.807, 2.05) is 0 Å². The Morgan fingerprint density at radius 2 is 1.89 bits per heavy atom. The molecule has 8 heteroatoms. The molecule has 1 rings (SSSR count). The Hall–Kier alpha value is -2.25. The zero-order valence-corrected chi connectivity index (χ0v) is 9.86. The van der Waals surface area contributed by atoms with Crippen LogP contribution in [0.1, 0.15) is 10.4 Å². The van der Waals surface area contributed by atoms with Gasteiger partial charge in [-0.05, 0) is 12.1 Å². The van der Waals surface area contributed by atoms with Gasteiger partial charge in [-0.15, -0.1) is 0 Å². The molecule has 0 atom stereocenters. The van der Waals surface area contributed by atoms with Crippen molar-refractivity contribution in [2.24, 2.45) is 0 Å². The van der Waals surface area contributed by atoms with E-state index in [9.17, 15) is 22.8 Å². The first-order valence-electron chi connectivity index (χ1n) is 5.12. The molecule has 5 nitrogen and oxygen atoms in total. The minimum absolute atomic E-state index is 0.0611. The number of nitrogens with one attached hydrogen (secondary N) is 1. The van der Waals surface area contributed by atoms with E-state index in [1.54, 1.807) is 0 Å². The van der Waals surface area contributed by atoms with Gasteiger partial charge < -0.3 is 15.3 Å². The van der Waals surface area contributed by atoms with Crippen LogP contribution in [-0.2, 0) is 0 Å². The first-order valence-corrected chi connectivity index (χ1v) is 5.12. The predicted molar refractivity (Wildman–Crippen MR) is 61.1 cm³/mol. The van der Waals surface area contributed by atoms with Crippen molar-refractivity contribution in [3.05, 3.63) is 29.8 Å². The first kappa shape index (κ1) is 14.8. The maximum Gasteiger partial charge on any atom is 0.406 e. The van der Waals surface area contributed by atoms with Crippen LogP contribution in [0.4, 0.5) is 23.7 Å². The lowest BCUT2D eigenvalue weighted by Crippen LogP contribution is -2.38. The Balaban J connectivity index is 2.80. The van der Waals surface area contributed by atoms with Gasteiger partial charge in [0, 0.05) is 7.05 Å². The fourth-order valence-electron chi connectivity index (χ4n) is 1.33. The molecule has 0 unspecified atom stereocenters. The summed E-state index contributed by atoms with van der Waals surface area (Å²) in [4.78, 5) is 22.8. The van der Waals surface area contributed by atoms with Crippen LogP contribution < -0.4 is 5.32 Å². The quantitative estimate of drug-likeness (QED) is 0.890. The van der Waals surface area contributed by atoms with E-state index in [1.165, 1.54) is 24.3 Å². The summed E-state index contributed by atoms with van der Waals surface area (Å²) in [5, 5.41) is 11.0. The van der Waals surface area contributed by atoms with Crippen LogP contribution in [-0.4, -0.2) is 41.8 Å². The molecule has 0 radical (unpaired) electrons. The van der Waals surface area contributed by atoms with Crippen molar-refractivity contribution in [1.29, 1.82) is 0 Å². The maximum atomic E-state index is 12.1. The molecule has 0 aromatic heterocycles. The number of alkyl halides is 3. The van der Waals surface area contributed by atoms with Gasteiger partial charge in [-0.1, -0.05) is 12.1 Å². The number of anilines is 1. The second-order valence-corrected chi connectivity index (χ2v) is 3.75. The average Bonchev–Trinajstić information content (AvgIpc) is 2.27. The Labute approximate surface area is 106 Å². The summed E-state index contributed by atoms with van der Waals surface area (Å²) in [6, 6.07) is 4.40. The van der Waals surface area contributed by atoms with Gasteiger partial charge in [-0.2, -0.15) is 13.2 Å². The summed E-state index contributed by atoms with van der Waals surface area (Å²) in [7, 11) is 0.964. The summed E-state index contributed by atoms with van der Waals surface area (Å²) in [5.74, 6) is -1.28. The number of carboxylic acids is 1. The van der Waals surface area contributed by atoms with Gasteiger partial charge in [-0.25, -0.2) is 9.59 Å². The average molecular weight is 276 g/mol. The lowest BCUT2D eigenvalue weighted by atomic mass is 10.2. The van der Waals surface area contributed by atoms with E-state index in [4.69, 9.17) is 5.11 Å². The number of carbonyl (C=O) groups excluding carboxylic acids is 1. The zero-order chi connectivity index (χ0) is 14.6. The van der Waals surface area contributed by atoms with E-state index in [0.717, 1.165) is 7.05 Å². The summed E-state index contributed by atoms with van der Waals surface area (Å²) in [6.45, 7) is -1.42. The molecule has 0 saturated carbocycles. The number of hydrogen-bond donors (Lipinski definition) is 2. The third kappa shape index (κ3) is 4.49. The largest absolute Gasteiger partial charge is 0.478 e. The molecule has 104 valence electrons. The lowest BCUT2D eigenvalue weighted by Gasteiger charge is -2.20. The van der Waals surface area contributed by atoms with Gasteiger partial charge in [0.2, 0.25) is 0 Å². The topological polar surface area (TPSA) is 69.6 Å². The van der Waals surface area contributed by atoms with Gasteiger partial charge in [0.25, 0.3) is 0 Å². The third-order valence-corrected chi connectivity index (χ3v) is 2.16. The molecule has 0 aliphatic heterocycles. The van der Waals surface area contributed by atoms with Gasteiger partial charge in [0.05, 0.1) is 11.3 Å². The first-order chi connectivity index (χ1) is 8.70. The summed E-state index contributed by atoms with van der Waals surface area (Å²) in [6.07, 6.45) is -4.52. The Kier molecular flexibility index (Phi) is 4.36. The number of halogens is 3. The minimum atomic E-state index is -4.52. The highest BCUT2D eigenvalue weighted by atomic mass is 19.4. The van der Waals surface area contributed by atoms with Gasteiger partial charge in [0.1, 0.15) is 6.54 Å². The highest BCUT2D eigenvalue weighted by molar-refractivity contribution is 5.99. The molecule has 2 N–H and O–H groups in total. The van der Waals surface area contributed by atoms with Crippen LogP contribution in [0.3, 0.4) is 0 Å². The molecule has 0 aliphatic carbocycles. The number of urea groups is 1. The smallest absolute Gasteiger partial charge is 0.406 e. The fraction of sp³-hybridized carbons (Fsp3) is 0.273. The Morgan fingerprint density at radius 1 is 1.32 bits per heavy atom. The molecule has 0 aliphatic rings. The number of carboxylic acid groups (broad SMARTS) is 1. The van der Waals surface area contributed by atoms with Crippen LogP contribution in [0, 0.1) is 0 Å². The number of nitrogens with zero attached hydrogens (tertiary/aromatic N) is 1. The normalized spacial score (nSPS) is 10.9. The van der Waals surface area contributed by atoms with Crippen molar-refractivity contribution in [3.63, 3.8) is 0 Å². The molecule has 0 bridgehead atoms. The van der Waals surface area contributed by atoms with Crippen LogP contribution in [0.15, 0.2) is 24.3 Å². The second kappa shape index (κ2) is 5.59. The molecule has 19 heavy (non-hydrogen) atoms. The predicted octanol–water partition coefficient (Wildman–Crippen LogP) is 2.41. The third-order valence-electron chi connectivity index (χ3n) is 2.16. The van der Waals surface area contributed by atoms with Crippen molar-refractivity contribution in [2.45, 2.75) is 6.18 Å². The molecule has 1 aromatic rings. The number of benzene rings is 1. The molecule has 0 fully saturated rings. The summed E-state index contributed by atoms with van der Waals surface area (Å²) >= 11 is 0. The van der Waals surface area contributed by atoms with Crippen LogP contribution >= 0.6 is 0 Å². The number of carbonyl (C=O) groups is 2. The van der Waals surface area contributed by atoms with Crippen molar-refractivity contribution in [1.82, 2.24) is 4.90 Å². The zero-order valence-electron chi connectivity index (χ0n) is 9.86. The highest BCUT2D eigenvalue weighted by Gasteiger charge is 2.31. The molecule has 0 saturated heterocycles. The highest BCUT2D eigenvalue weighted by Crippen LogP contribution is 2.18. The van der Waals surface area contributed by atoms with E-state index in [0.29, 0.717) is 4.90 Å². The number of hydrogen-bond acceptors (Lipinski definition) is 2. The van der Waals surface area contributed by atoms with Crippen molar-refractivity contribution in [3.8, 4) is 0 Å². The number of para-hydroxylation sites is 1. The molecular weight excluding hydrogens is 265 g/mol. The minimum Gasteiger partial charge on any atom is -0.478 e. The monoisotopic (exact) mass is 276 g/mol. The summed E-state index contributed by atoms with van der Waals surface area (Å²) < 4.78 is 36.3. The Bertz CT molecular complexity index is 488.